The van der Waals surface area contributed by atoms with E-state index in [4.69, 9.17) is 14.0 Å². The predicted octanol–water partition coefficient (Wildman–Crippen LogP) is 4.34. The molecule has 0 atom stereocenters. The first kappa shape index (κ1) is 17.3. The summed E-state index contributed by atoms with van der Waals surface area (Å²) >= 11 is 1.43. The van der Waals surface area contributed by atoms with Gasteiger partial charge in [0.25, 0.3) is 5.89 Å². The smallest absolute Gasteiger partial charge is 0.323 e. The zero-order chi connectivity index (χ0) is 18.8. The number of nitrogens with zero attached hydrogens (tertiary/aromatic N) is 2. The molecule has 2 aromatic heterocycles. The van der Waals surface area contributed by atoms with Crippen molar-refractivity contribution in [2.75, 3.05) is 24.9 Å². The van der Waals surface area contributed by atoms with Gasteiger partial charge < -0.3 is 24.6 Å². The van der Waals surface area contributed by atoms with E-state index in [-0.39, 0.29) is 6.03 Å². The number of ether oxygens (including phenoxy) is 2. The number of methoxy groups -OCH3 is 2. The van der Waals surface area contributed by atoms with Gasteiger partial charge in [-0.25, -0.2) is 4.79 Å². The molecule has 4 rings (SSSR count). The quantitative estimate of drug-likeness (QED) is 0.654. The largest absolute Gasteiger partial charge is 0.493 e. The standard InChI is InChI=1S/C18H18N4O4S/c1-24-13-6-5-11(9-14(13)25-2)19-18(23)20-12-7-8-27-15(12)17-21-16(22-26-17)10-3-4-10/h5-10H,3-4H2,1-2H3,(H2,19,20,23). The summed E-state index contributed by atoms with van der Waals surface area (Å²) in [5.74, 6) is 2.69. The maximum Gasteiger partial charge on any atom is 0.323 e. The number of anilines is 2. The Labute approximate surface area is 159 Å². The topological polar surface area (TPSA) is 98.5 Å². The molecule has 27 heavy (non-hydrogen) atoms. The van der Waals surface area contributed by atoms with E-state index in [2.05, 4.69) is 20.8 Å². The molecule has 1 fully saturated rings. The highest BCUT2D eigenvalue weighted by Gasteiger charge is 2.29. The van der Waals surface area contributed by atoms with Gasteiger partial charge in [-0.15, -0.1) is 11.3 Å². The first-order valence-corrected chi connectivity index (χ1v) is 9.27. The van der Waals surface area contributed by atoms with Crippen molar-refractivity contribution in [3.63, 3.8) is 0 Å². The normalized spacial score (nSPS) is 13.3. The van der Waals surface area contributed by atoms with Crippen LogP contribution in [0.4, 0.5) is 16.2 Å². The second-order valence-electron chi connectivity index (χ2n) is 6.04. The Bertz CT molecular complexity index is 964. The van der Waals surface area contributed by atoms with Gasteiger partial charge in [-0.3, -0.25) is 0 Å². The van der Waals surface area contributed by atoms with E-state index < -0.39 is 0 Å². The summed E-state index contributed by atoms with van der Waals surface area (Å²) in [7, 11) is 3.10. The lowest BCUT2D eigenvalue weighted by Crippen LogP contribution is -2.19. The van der Waals surface area contributed by atoms with Gasteiger partial charge >= 0.3 is 6.03 Å². The number of nitrogens with one attached hydrogen (secondary N) is 2. The lowest BCUT2D eigenvalue weighted by Gasteiger charge is -2.11. The molecule has 1 aromatic carbocycles. The Hall–Kier alpha value is -3.07. The molecule has 3 aromatic rings. The third-order valence-electron chi connectivity index (χ3n) is 4.13. The first-order valence-electron chi connectivity index (χ1n) is 8.39. The van der Waals surface area contributed by atoms with Crippen molar-refractivity contribution in [2.45, 2.75) is 18.8 Å². The second-order valence-corrected chi connectivity index (χ2v) is 6.96. The summed E-state index contributed by atoms with van der Waals surface area (Å²) in [6.07, 6.45) is 2.20. The van der Waals surface area contributed by atoms with Gasteiger partial charge in [-0.2, -0.15) is 4.98 Å². The van der Waals surface area contributed by atoms with Crippen LogP contribution in [0.5, 0.6) is 11.5 Å². The summed E-state index contributed by atoms with van der Waals surface area (Å²) in [4.78, 5) is 17.6. The summed E-state index contributed by atoms with van der Waals surface area (Å²) < 4.78 is 15.8. The summed E-state index contributed by atoms with van der Waals surface area (Å²) in [5.41, 5.74) is 1.19. The van der Waals surface area contributed by atoms with Crippen molar-refractivity contribution in [2.24, 2.45) is 0 Å². The predicted molar refractivity (Wildman–Crippen MR) is 102 cm³/mol. The molecule has 0 spiro atoms. The Kier molecular flexibility index (Phi) is 4.68. The van der Waals surface area contributed by atoms with E-state index in [0.29, 0.717) is 34.7 Å². The summed E-state index contributed by atoms with van der Waals surface area (Å²) in [5, 5.41) is 11.5. The van der Waals surface area contributed by atoms with Crippen LogP contribution in [0, 0.1) is 0 Å². The summed E-state index contributed by atoms with van der Waals surface area (Å²) in [6.45, 7) is 0. The van der Waals surface area contributed by atoms with E-state index >= 15 is 0 Å². The molecule has 1 aliphatic carbocycles. The number of hydrogen-bond donors (Lipinski definition) is 2. The van der Waals surface area contributed by atoms with E-state index in [9.17, 15) is 4.79 Å². The first-order chi connectivity index (χ1) is 13.2. The van der Waals surface area contributed by atoms with Crippen LogP contribution in [0.15, 0.2) is 34.2 Å². The molecule has 140 valence electrons. The zero-order valence-corrected chi connectivity index (χ0v) is 15.6. The maximum absolute atomic E-state index is 12.4. The van der Waals surface area contributed by atoms with Crippen LogP contribution < -0.4 is 20.1 Å². The van der Waals surface area contributed by atoms with Crippen LogP contribution in [0.25, 0.3) is 10.8 Å². The number of aromatic nitrogens is 2. The minimum Gasteiger partial charge on any atom is -0.493 e. The molecule has 2 amide bonds. The van der Waals surface area contributed by atoms with Gasteiger partial charge in [-0.1, -0.05) is 5.16 Å². The number of benzene rings is 1. The lowest BCUT2D eigenvalue weighted by molar-refractivity contribution is 0.262. The molecule has 0 aliphatic heterocycles. The van der Waals surface area contributed by atoms with Gasteiger partial charge in [0, 0.05) is 17.7 Å². The number of rotatable bonds is 6. The maximum atomic E-state index is 12.4. The molecule has 1 aliphatic rings. The molecule has 2 heterocycles. The molecule has 0 bridgehead atoms. The number of carbonyl (C=O) groups excluding carboxylic acids is 1. The third-order valence-corrected chi connectivity index (χ3v) is 5.04. The van der Waals surface area contributed by atoms with Crippen LogP contribution in [0.1, 0.15) is 24.6 Å². The average molecular weight is 386 g/mol. The number of urea groups is 1. The molecule has 2 N–H and O–H groups in total. The molecule has 0 saturated heterocycles. The zero-order valence-electron chi connectivity index (χ0n) is 14.8. The van der Waals surface area contributed by atoms with E-state index in [1.165, 1.54) is 11.3 Å². The van der Waals surface area contributed by atoms with Crippen molar-refractivity contribution in [3.05, 3.63) is 35.5 Å². The van der Waals surface area contributed by atoms with E-state index in [1.807, 2.05) is 5.38 Å². The Balaban J connectivity index is 1.46. The second kappa shape index (κ2) is 7.28. The van der Waals surface area contributed by atoms with Gasteiger partial charge in [0.15, 0.2) is 17.3 Å². The van der Waals surface area contributed by atoms with Crippen LogP contribution in [0.3, 0.4) is 0 Å². The minimum absolute atomic E-state index is 0.385. The Morgan fingerprint density at radius 1 is 1.19 bits per heavy atom. The van der Waals surface area contributed by atoms with Crippen molar-refractivity contribution in [1.29, 1.82) is 0 Å². The van der Waals surface area contributed by atoms with Gasteiger partial charge in [0.2, 0.25) is 0 Å². The SMILES string of the molecule is COc1ccc(NC(=O)Nc2ccsc2-c2nc(C3CC3)no2)cc1OC. The summed E-state index contributed by atoms with van der Waals surface area (Å²) in [6, 6.07) is 6.56. The molecule has 9 heteroatoms. The van der Waals surface area contributed by atoms with Crippen LogP contribution >= 0.6 is 11.3 Å². The highest BCUT2D eigenvalue weighted by atomic mass is 32.1. The van der Waals surface area contributed by atoms with Crippen molar-refractivity contribution in [3.8, 4) is 22.3 Å². The van der Waals surface area contributed by atoms with Gasteiger partial charge in [-0.05, 0) is 36.4 Å². The molecule has 0 radical (unpaired) electrons. The minimum atomic E-state index is -0.385. The average Bonchev–Trinajstić information content (AvgIpc) is 3.23. The highest BCUT2D eigenvalue weighted by Crippen LogP contribution is 2.40. The molecular formula is C18H18N4O4S. The monoisotopic (exact) mass is 386 g/mol. The number of carbonyl (C=O) groups is 1. The van der Waals surface area contributed by atoms with Gasteiger partial charge in [0.05, 0.1) is 19.9 Å². The van der Waals surface area contributed by atoms with Crippen molar-refractivity contribution < 1.29 is 18.8 Å². The molecule has 1 saturated carbocycles. The molecule has 0 unspecified atom stereocenters. The number of amides is 2. The number of thiophene rings is 1. The highest BCUT2D eigenvalue weighted by molar-refractivity contribution is 7.14. The number of hydrogen-bond acceptors (Lipinski definition) is 7. The fourth-order valence-corrected chi connectivity index (χ4v) is 3.38. The lowest BCUT2D eigenvalue weighted by atomic mass is 10.3. The van der Waals surface area contributed by atoms with E-state index in [0.717, 1.165) is 23.5 Å². The van der Waals surface area contributed by atoms with Crippen LogP contribution in [-0.2, 0) is 0 Å². The molecular weight excluding hydrogens is 368 g/mol. The molecule has 8 nitrogen and oxygen atoms in total. The van der Waals surface area contributed by atoms with Crippen LogP contribution in [-0.4, -0.2) is 30.4 Å². The van der Waals surface area contributed by atoms with Crippen molar-refractivity contribution in [1.82, 2.24) is 10.1 Å². The third kappa shape index (κ3) is 3.72. The van der Waals surface area contributed by atoms with Crippen molar-refractivity contribution >= 4 is 28.7 Å². The Morgan fingerprint density at radius 3 is 2.74 bits per heavy atom. The fourth-order valence-electron chi connectivity index (χ4n) is 2.61. The fraction of sp³-hybridized carbons (Fsp3) is 0.278. The van der Waals surface area contributed by atoms with Gasteiger partial charge in [0.1, 0.15) is 4.88 Å². The van der Waals surface area contributed by atoms with Crippen LogP contribution in [0.2, 0.25) is 0 Å². The Morgan fingerprint density at radius 2 is 2.00 bits per heavy atom. The van der Waals surface area contributed by atoms with E-state index in [1.54, 1.807) is 38.5 Å².